The molecule has 0 aliphatic heterocycles. The minimum atomic E-state index is 0.317. The van der Waals surface area contributed by atoms with Crippen LogP contribution in [0.4, 0.5) is 0 Å². The second-order valence-electron chi connectivity index (χ2n) is 11.4. The van der Waals surface area contributed by atoms with Crippen molar-refractivity contribution in [2.75, 3.05) is 13.6 Å². The molecule has 36 heavy (non-hydrogen) atoms. The molecule has 3 aliphatic rings. The molecule has 1 unspecified atom stereocenters. The first-order valence-electron chi connectivity index (χ1n) is 15.1. The third kappa shape index (κ3) is 8.52. The fraction of sp³-hybridized carbons (Fsp3) is 0.750. The summed E-state index contributed by atoms with van der Waals surface area (Å²) in [6, 6.07) is 4.53. The molecular weight excluding hydrogens is 448 g/mol. The third-order valence-corrected chi connectivity index (χ3v) is 8.32. The highest BCUT2D eigenvalue weighted by molar-refractivity contribution is 5.52. The number of rotatable bonds is 13. The molecule has 1 aromatic carbocycles. The quantitative estimate of drug-likeness (QED) is 0.154. The largest absolute Gasteiger partial charge is 0.467 e. The van der Waals surface area contributed by atoms with Gasteiger partial charge in [0.15, 0.2) is 13.6 Å². The van der Waals surface area contributed by atoms with E-state index in [1.165, 1.54) is 87.3 Å². The van der Waals surface area contributed by atoms with Crippen LogP contribution in [0.5, 0.6) is 11.5 Å². The number of unbranched alkanes of at least 4 members (excludes halogenated alkanes) is 2. The van der Waals surface area contributed by atoms with E-state index >= 15 is 0 Å². The summed E-state index contributed by atoms with van der Waals surface area (Å²) in [5.41, 5.74) is 3.95. The van der Waals surface area contributed by atoms with E-state index < -0.39 is 0 Å². The molecule has 0 N–H and O–H groups in total. The molecule has 202 valence electrons. The average molecular weight is 499 g/mol. The Labute approximate surface area is 220 Å². The molecule has 1 aromatic rings. The lowest BCUT2D eigenvalue weighted by atomic mass is 9.84. The Kier molecular flexibility index (Phi) is 11.5. The summed E-state index contributed by atoms with van der Waals surface area (Å²) in [5.74, 6) is 2.21. The molecule has 4 nitrogen and oxygen atoms in total. The van der Waals surface area contributed by atoms with Gasteiger partial charge >= 0.3 is 0 Å². The number of aryl methyl sites for hydroxylation is 1. The minimum absolute atomic E-state index is 0.317. The lowest BCUT2D eigenvalue weighted by Crippen LogP contribution is -2.21. The Balaban J connectivity index is 1.53. The van der Waals surface area contributed by atoms with Gasteiger partial charge in [-0.15, -0.1) is 0 Å². The van der Waals surface area contributed by atoms with E-state index in [9.17, 15) is 0 Å². The normalized spacial score (nSPS) is 21.8. The van der Waals surface area contributed by atoms with Gasteiger partial charge in [-0.05, 0) is 82.4 Å². The van der Waals surface area contributed by atoms with Crippen molar-refractivity contribution < 1.29 is 18.9 Å². The molecule has 0 spiro atoms. The highest BCUT2D eigenvalue weighted by atomic mass is 16.7. The fourth-order valence-electron chi connectivity index (χ4n) is 6.17. The van der Waals surface area contributed by atoms with Gasteiger partial charge in [0, 0.05) is 11.5 Å². The van der Waals surface area contributed by atoms with Crippen molar-refractivity contribution in [3.05, 3.63) is 34.9 Å². The molecule has 3 aliphatic carbocycles. The Morgan fingerprint density at radius 1 is 0.722 bits per heavy atom. The van der Waals surface area contributed by atoms with Gasteiger partial charge in [-0.1, -0.05) is 69.9 Å². The SMILES string of the molecule is CCCCCc1cc(OCOC2CCCCC2)c(C2C=C(C)CCC2)c(OCOC2CCCCC2)c1. The molecule has 0 bridgehead atoms. The van der Waals surface area contributed by atoms with E-state index in [1.54, 1.807) is 0 Å². The summed E-state index contributed by atoms with van der Waals surface area (Å²) in [5, 5.41) is 0. The van der Waals surface area contributed by atoms with Crippen LogP contribution in [0.15, 0.2) is 23.8 Å². The molecule has 2 fully saturated rings. The van der Waals surface area contributed by atoms with Crippen LogP contribution in [-0.4, -0.2) is 25.8 Å². The third-order valence-electron chi connectivity index (χ3n) is 8.32. The van der Waals surface area contributed by atoms with E-state index in [0.29, 0.717) is 31.7 Å². The van der Waals surface area contributed by atoms with E-state index in [-0.39, 0.29) is 0 Å². The summed E-state index contributed by atoms with van der Waals surface area (Å²) in [7, 11) is 0. The Morgan fingerprint density at radius 2 is 1.31 bits per heavy atom. The summed E-state index contributed by atoms with van der Waals surface area (Å²) < 4.78 is 25.3. The maximum atomic E-state index is 6.44. The fourth-order valence-corrected chi connectivity index (χ4v) is 6.17. The van der Waals surface area contributed by atoms with E-state index in [2.05, 4.69) is 32.1 Å². The van der Waals surface area contributed by atoms with E-state index in [4.69, 9.17) is 18.9 Å². The van der Waals surface area contributed by atoms with Gasteiger partial charge in [0.05, 0.1) is 12.2 Å². The molecule has 4 rings (SSSR count). The zero-order valence-electron chi connectivity index (χ0n) is 23.0. The number of allylic oxidation sites excluding steroid dienone is 2. The van der Waals surface area contributed by atoms with Crippen molar-refractivity contribution in [1.82, 2.24) is 0 Å². The average Bonchev–Trinajstić information content (AvgIpc) is 2.90. The van der Waals surface area contributed by atoms with Gasteiger partial charge in [0.25, 0.3) is 0 Å². The summed E-state index contributed by atoms with van der Waals surface area (Å²) in [6.07, 6.45) is 23.7. The van der Waals surface area contributed by atoms with Gasteiger partial charge in [0.2, 0.25) is 0 Å². The van der Waals surface area contributed by atoms with E-state index in [0.717, 1.165) is 50.0 Å². The van der Waals surface area contributed by atoms with Gasteiger partial charge < -0.3 is 18.9 Å². The lowest BCUT2D eigenvalue weighted by Gasteiger charge is -2.27. The van der Waals surface area contributed by atoms with Crippen LogP contribution in [0.25, 0.3) is 0 Å². The molecule has 0 aromatic heterocycles. The maximum Gasteiger partial charge on any atom is 0.189 e. The molecule has 0 heterocycles. The molecule has 0 radical (unpaired) electrons. The predicted molar refractivity (Wildman–Crippen MR) is 147 cm³/mol. The van der Waals surface area contributed by atoms with Crippen LogP contribution >= 0.6 is 0 Å². The monoisotopic (exact) mass is 498 g/mol. The predicted octanol–water partition coefficient (Wildman–Crippen LogP) is 9.00. The Hall–Kier alpha value is -1.52. The number of ether oxygens (including phenoxy) is 4. The smallest absolute Gasteiger partial charge is 0.189 e. The van der Waals surface area contributed by atoms with Gasteiger partial charge in [-0.3, -0.25) is 0 Å². The van der Waals surface area contributed by atoms with Crippen molar-refractivity contribution in [2.45, 2.75) is 141 Å². The van der Waals surface area contributed by atoms with Crippen molar-refractivity contribution >= 4 is 0 Å². The van der Waals surface area contributed by atoms with Crippen molar-refractivity contribution in [3.8, 4) is 11.5 Å². The van der Waals surface area contributed by atoms with Crippen molar-refractivity contribution in [2.24, 2.45) is 0 Å². The van der Waals surface area contributed by atoms with E-state index in [1.807, 2.05) is 0 Å². The van der Waals surface area contributed by atoms with Gasteiger partial charge in [-0.25, -0.2) is 0 Å². The Bertz CT molecular complexity index is 759. The summed E-state index contributed by atoms with van der Waals surface area (Å²) in [6.45, 7) is 5.16. The van der Waals surface area contributed by atoms with Crippen molar-refractivity contribution in [1.29, 1.82) is 0 Å². The van der Waals surface area contributed by atoms with Crippen LogP contribution in [-0.2, 0) is 15.9 Å². The minimum Gasteiger partial charge on any atom is -0.467 e. The lowest BCUT2D eigenvalue weighted by molar-refractivity contribution is -0.0530. The van der Waals surface area contributed by atoms with Gasteiger partial charge in [0.1, 0.15) is 11.5 Å². The number of hydrogen-bond acceptors (Lipinski definition) is 4. The molecule has 4 heteroatoms. The molecular formula is C32H50O4. The van der Waals surface area contributed by atoms with Gasteiger partial charge in [-0.2, -0.15) is 0 Å². The van der Waals surface area contributed by atoms with Crippen molar-refractivity contribution in [3.63, 3.8) is 0 Å². The number of hydrogen-bond donors (Lipinski definition) is 0. The first-order chi connectivity index (χ1) is 17.7. The van der Waals surface area contributed by atoms with Crippen LogP contribution in [0, 0.1) is 0 Å². The highest BCUT2D eigenvalue weighted by Crippen LogP contribution is 2.43. The van der Waals surface area contributed by atoms with Crippen LogP contribution in [0.1, 0.15) is 134 Å². The number of benzene rings is 1. The Morgan fingerprint density at radius 3 is 1.83 bits per heavy atom. The first-order valence-corrected chi connectivity index (χ1v) is 15.1. The topological polar surface area (TPSA) is 36.9 Å². The second kappa shape index (κ2) is 15.0. The van der Waals surface area contributed by atoms with Crippen LogP contribution in [0.2, 0.25) is 0 Å². The molecule has 2 saturated carbocycles. The molecule has 0 saturated heterocycles. The maximum absolute atomic E-state index is 6.44. The first kappa shape index (κ1) is 27.5. The summed E-state index contributed by atoms with van der Waals surface area (Å²) in [4.78, 5) is 0. The second-order valence-corrected chi connectivity index (χ2v) is 11.4. The molecule has 1 atom stereocenters. The zero-order chi connectivity index (χ0) is 25.0. The molecule has 0 amide bonds. The highest BCUT2D eigenvalue weighted by Gasteiger charge is 2.25. The van der Waals surface area contributed by atoms with Crippen LogP contribution in [0.3, 0.4) is 0 Å². The summed E-state index contributed by atoms with van der Waals surface area (Å²) >= 11 is 0. The standard InChI is InChI=1S/C32H50O4/c1-3-4-7-14-26-21-30(35-23-33-28-16-8-5-9-17-28)32(27-15-12-13-25(2)20-27)31(22-26)36-24-34-29-18-10-6-11-19-29/h20-22,27-29H,3-19,23-24H2,1-2H3. The zero-order valence-corrected chi connectivity index (χ0v) is 23.0. The van der Waals surface area contributed by atoms with Crippen LogP contribution < -0.4 is 9.47 Å².